The number of aliphatic hydroxyl groups is 1. The Hall–Kier alpha value is -1.24. The number of hydrogen-bond acceptors (Lipinski definition) is 6. The summed E-state index contributed by atoms with van der Waals surface area (Å²) in [6.07, 6.45) is 3.63. The molecule has 0 amide bonds. The van der Waals surface area contributed by atoms with Gasteiger partial charge >= 0.3 is 0 Å². The second kappa shape index (κ2) is 6.58. The number of aromatic nitrogens is 2. The lowest BCUT2D eigenvalue weighted by atomic mass is 9.89. The average Bonchev–Trinajstić information content (AvgIpc) is 2.92. The van der Waals surface area contributed by atoms with Crippen molar-refractivity contribution in [3.8, 4) is 0 Å². The third-order valence-electron chi connectivity index (χ3n) is 5.34. The minimum Gasteiger partial charge on any atom is -0.395 e. The molecule has 0 saturated carbocycles. The summed E-state index contributed by atoms with van der Waals surface area (Å²) in [5, 5.41) is 10.5. The molecule has 1 N–H and O–H groups in total. The molecule has 1 unspecified atom stereocenters. The molecule has 0 aromatic carbocycles. The Morgan fingerprint density at radius 2 is 2.00 bits per heavy atom. The van der Waals surface area contributed by atoms with Gasteiger partial charge in [-0.05, 0) is 37.7 Å². The van der Waals surface area contributed by atoms with Crippen molar-refractivity contribution in [1.29, 1.82) is 0 Å². The van der Waals surface area contributed by atoms with Crippen LogP contribution in [-0.2, 0) is 12.8 Å². The fraction of sp³-hybridized carbons (Fsp3) is 0.667. The van der Waals surface area contributed by atoms with Gasteiger partial charge in [0.2, 0.25) is 0 Å². The lowest BCUT2D eigenvalue weighted by molar-refractivity contribution is 0.188. The van der Waals surface area contributed by atoms with E-state index in [0.717, 1.165) is 50.3 Å². The first kappa shape index (κ1) is 16.2. The molecular formula is C18H26N4OS. The first-order valence-electron chi connectivity index (χ1n) is 9.02. The van der Waals surface area contributed by atoms with E-state index < -0.39 is 0 Å². The number of β-amino-alcohol motifs (C(OH)–C–C–N with tert-alkyl or cyclic N) is 1. The summed E-state index contributed by atoms with van der Waals surface area (Å²) < 4.78 is 0. The van der Waals surface area contributed by atoms with Crippen molar-refractivity contribution in [2.75, 3.05) is 44.2 Å². The zero-order chi connectivity index (χ0) is 16.7. The molecule has 0 radical (unpaired) electrons. The molecule has 2 aliphatic rings. The van der Waals surface area contributed by atoms with Crippen LogP contribution < -0.4 is 4.90 Å². The van der Waals surface area contributed by atoms with Crippen LogP contribution in [-0.4, -0.2) is 59.3 Å². The van der Waals surface area contributed by atoms with Gasteiger partial charge in [-0.15, -0.1) is 11.3 Å². The Morgan fingerprint density at radius 1 is 1.21 bits per heavy atom. The summed E-state index contributed by atoms with van der Waals surface area (Å²) in [7, 11) is 0. The van der Waals surface area contributed by atoms with E-state index in [1.807, 2.05) is 18.3 Å². The molecule has 2 aromatic heterocycles. The minimum atomic E-state index is 0.243. The summed E-state index contributed by atoms with van der Waals surface area (Å²) in [6.45, 7) is 9.32. The van der Waals surface area contributed by atoms with Gasteiger partial charge in [-0.3, -0.25) is 4.90 Å². The number of piperazine rings is 1. The largest absolute Gasteiger partial charge is 0.395 e. The molecule has 1 saturated heterocycles. The van der Waals surface area contributed by atoms with Gasteiger partial charge in [0.1, 0.15) is 16.5 Å². The lowest BCUT2D eigenvalue weighted by Gasteiger charge is -2.35. The predicted molar refractivity (Wildman–Crippen MR) is 99.1 cm³/mol. The molecule has 1 atom stereocenters. The van der Waals surface area contributed by atoms with Gasteiger partial charge in [0.15, 0.2) is 0 Å². The predicted octanol–water partition coefficient (Wildman–Crippen LogP) is 2.24. The second-order valence-corrected chi connectivity index (χ2v) is 8.26. The van der Waals surface area contributed by atoms with E-state index in [-0.39, 0.29) is 6.61 Å². The Balaban J connectivity index is 1.70. The minimum absolute atomic E-state index is 0.243. The summed E-state index contributed by atoms with van der Waals surface area (Å²) in [5.74, 6) is 2.81. The van der Waals surface area contributed by atoms with Crippen molar-refractivity contribution in [2.24, 2.45) is 5.92 Å². The lowest BCUT2D eigenvalue weighted by Crippen LogP contribution is -2.47. The maximum Gasteiger partial charge on any atom is 0.141 e. The van der Waals surface area contributed by atoms with Crippen LogP contribution in [0.2, 0.25) is 0 Å². The smallest absolute Gasteiger partial charge is 0.141 e. The van der Waals surface area contributed by atoms with Crippen molar-refractivity contribution in [3.05, 3.63) is 16.3 Å². The highest BCUT2D eigenvalue weighted by Gasteiger charge is 2.27. The maximum absolute atomic E-state index is 9.13. The van der Waals surface area contributed by atoms with Gasteiger partial charge in [-0.2, -0.15) is 0 Å². The molecule has 0 bridgehead atoms. The van der Waals surface area contributed by atoms with Gasteiger partial charge in [0.25, 0.3) is 0 Å². The van der Waals surface area contributed by atoms with Gasteiger partial charge in [-0.1, -0.05) is 6.92 Å². The number of anilines is 1. The number of aliphatic hydroxyl groups excluding tert-OH is 1. The van der Waals surface area contributed by atoms with Crippen LogP contribution in [0.15, 0.2) is 0 Å². The highest BCUT2D eigenvalue weighted by atomic mass is 32.1. The SMILES string of the molecule is Cc1nc(N2CCN(CCO)CC2)c2c3c(sc2n1)CC(C)CC3. The zero-order valence-corrected chi connectivity index (χ0v) is 15.4. The van der Waals surface area contributed by atoms with E-state index in [0.29, 0.717) is 0 Å². The molecule has 1 aliphatic carbocycles. The van der Waals surface area contributed by atoms with Crippen LogP contribution in [0.5, 0.6) is 0 Å². The standard InChI is InChI=1S/C18H26N4OS/c1-12-3-4-14-15(11-12)24-18-16(14)17(19-13(2)20-18)22-7-5-21(6-8-22)9-10-23/h12,23H,3-11H2,1-2H3. The molecule has 1 aliphatic heterocycles. The van der Waals surface area contributed by atoms with Crippen molar-refractivity contribution >= 4 is 27.4 Å². The Morgan fingerprint density at radius 3 is 2.75 bits per heavy atom. The normalized spacial score (nSPS) is 22.1. The highest BCUT2D eigenvalue weighted by Crippen LogP contribution is 2.41. The van der Waals surface area contributed by atoms with E-state index in [1.165, 1.54) is 39.9 Å². The monoisotopic (exact) mass is 346 g/mol. The molecule has 4 rings (SSSR count). The molecule has 0 spiro atoms. The molecule has 6 heteroatoms. The fourth-order valence-corrected chi connectivity index (χ4v) is 5.40. The van der Waals surface area contributed by atoms with Gasteiger partial charge in [0.05, 0.1) is 12.0 Å². The molecule has 2 aromatic rings. The quantitative estimate of drug-likeness (QED) is 0.924. The molecule has 130 valence electrons. The van der Waals surface area contributed by atoms with Crippen LogP contribution >= 0.6 is 11.3 Å². The van der Waals surface area contributed by atoms with Crippen LogP contribution in [0.25, 0.3) is 10.2 Å². The number of hydrogen-bond donors (Lipinski definition) is 1. The average molecular weight is 347 g/mol. The zero-order valence-electron chi connectivity index (χ0n) is 14.6. The Bertz CT molecular complexity index is 736. The summed E-state index contributed by atoms with van der Waals surface area (Å²) >= 11 is 1.88. The summed E-state index contributed by atoms with van der Waals surface area (Å²) in [4.78, 5) is 17.1. The number of aryl methyl sites for hydroxylation is 2. The molecule has 24 heavy (non-hydrogen) atoms. The van der Waals surface area contributed by atoms with Crippen molar-refractivity contribution in [2.45, 2.75) is 33.1 Å². The van der Waals surface area contributed by atoms with Crippen molar-refractivity contribution < 1.29 is 5.11 Å². The number of rotatable bonds is 3. The van der Waals surface area contributed by atoms with Crippen molar-refractivity contribution in [1.82, 2.24) is 14.9 Å². The molecule has 5 nitrogen and oxygen atoms in total. The van der Waals surface area contributed by atoms with E-state index in [2.05, 4.69) is 16.7 Å². The third kappa shape index (κ3) is 2.91. The fourth-order valence-electron chi connectivity index (χ4n) is 3.98. The Kier molecular flexibility index (Phi) is 4.45. The van der Waals surface area contributed by atoms with Crippen LogP contribution in [0.4, 0.5) is 5.82 Å². The van der Waals surface area contributed by atoms with Gasteiger partial charge in [0, 0.05) is 37.6 Å². The van der Waals surface area contributed by atoms with Crippen molar-refractivity contribution in [3.63, 3.8) is 0 Å². The van der Waals surface area contributed by atoms with Crippen LogP contribution in [0, 0.1) is 12.8 Å². The third-order valence-corrected chi connectivity index (χ3v) is 6.48. The van der Waals surface area contributed by atoms with Gasteiger partial charge in [-0.25, -0.2) is 9.97 Å². The molecule has 1 fully saturated rings. The molecule has 3 heterocycles. The maximum atomic E-state index is 9.13. The van der Waals surface area contributed by atoms with Gasteiger partial charge < -0.3 is 10.0 Å². The van der Waals surface area contributed by atoms with E-state index in [9.17, 15) is 0 Å². The first-order valence-corrected chi connectivity index (χ1v) is 9.84. The van der Waals surface area contributed by atoms with E-state index >= 15 is 0 Å². The number of thiophene rings is 1. The summed E-state index contributed by atoms with van der Waals surface area (Å²) in [6, 6.07) is 0. The number of fused-ring (bicyclic) bond motifs is 3. The highest BCUT2D eigenvalue weighted by molar-refractivity contribution is 7.19. The Labute approximate surface area is 147 Å². The second-order valence-electron chi connectivity index (χ2n) is 7.18. The van der Waals surface area contributed by atoms with E-state index in [4.69, 9.17) is 15.1 Å². The first-order chi connectivity index (χ1) is 11.7. The summed E-state index contributed by atoms with van der Waals surface area (Å²) in [5.41, 5.74) is 1.51. The number of nitrogens with zero attached hydrogens (tertiary/aromatic N) is 4. The van der Waals surface area contributed by atoms with Crippen LogP contribution in [0.1, 0.15) is 29.6 Å². The molecular weight excluding hydrogens is 320 g/mol. The topological polar surface area (TPSA) is 52.5 Å². The van der Waals surface area contributed by atoms with Crippen LogP contribution in [0.3, 0.4) is 0 Å². The van der Waals surface area contributed by atoms with E-state index in [1.54, 1.807) is 0 Å².